The van der Waals surface area contributed by atoms with E-state index in [1.165, 1.54) is 0 Å². The highest BCUT2D eigenvalue weighted by molar-refractivity contribution is 5.94. The molecular weight excluding hydrogens is 407 g/mol. The Labute approximate surface area is 182 Å². The minimum absolute atomic E-state index is 0.0108. The van der Waals surface area contributed by atoms with Crippen molar-refractivity contribution < 1.29 is 22.8 Å². The molecule has 2 heterocycles. The van der Waals surface area contributed by atoms with Crippen LogP contribution in [0.25, 0.3) is 0 Å². The maximum Gasteiger partial charge on any atom is 0.389 e. The first-order valence-electron chi connectivity index (χ1n) is 11.1. The molecule has 0 aliphatic carbocycles. The van der Waals surface area contributed by atoms with Crippen LogP contribution in [0.4, 0.5) is 18.9 Å². The van der Waals surface area contributed by atoms with Gasteiger partial charge in [0.05, 0.1) is 6.42 Å². The van der Waals surface area contributed by atoms with Gasteiger partial charge in [-0.2, -0.15) is 13.2 Å². The van der Waals surface area contributed by atoms with E-state index in [2.05, 4.69) is 4.90 Å². The quantitative estimate of drug-likeness (QED) is 0.703. The summed E-state index contributed by atoms with van der Waals surface area (Å²) in [6.07, 6.45) is -1.89. The molecule has 1 aromatic carbocycles. The number of anilines is 1. The zero-order chi connectivity index (χ0) is 22.6. The van der Waals surface area contributed by atoms with Crippen molar-refractivity contribution in [2.24, 2.45) is 0 Å². The number of likely N-dealkylation sites (N-methyl/N-ethyl adjacent to an activating group) is 1. The number of carbonyl (C=O) groups is 2. The smallest absolute Gasteiger partial charge is 0.337 e. The molecule has 172 valence electrons. The van der Waals surface area contributed by atoms with E-state index in [0.29, 0.717) is 19.5 Å². The van der Waals surface area contributed by atoms with Crippen molar-refractivity contribution in [3.8, 4) is 0 Å². The first-order chi connectivity index (χ1) is 14.7. The Balaban J connectivity index is 1.96. The average molecular weight is 440 g/mol. The van der Waals surface area contributed by atoms with Crippen molar-refractivity contribution in [2.45, 2.75) is 76.7 Å². The van der Waals surface area contributed by atoms with Crippen molar-refractivity contribution in [2.75, 3.05) is 25.0 Å². The number of hydrogen-bond acceptors (Lipinski definition) is 3. The fourth-order valence-corrected chi connectivity index (χ4v) is 4.74. The van der Waals surface area contributed by atoms with Gasteiger partial charge < -0.3 is 9.80 Å². The predicted molar refractivity (Wildman–Crippen MR) is 114 cm³/mol. The monoisotopic (exact) mass is 439 g/mol. The molecule has 0 radical (unpaired) electrons. The number of carbonyl (C=O) groups excluding carboxylic acids is 2. The number of fused-ring (bicyclic) bond motifs is 3. The van der Waals surface area contributed by atoms with Crippen LogP contribution < -0.4 is 4.90 Å². The van der Waals surface area contributed by atoms with Crippen LogP contribution in [0.1, 0.15) is 57.4 Å². The molecule has 0 aromatic heterocycles. The number of halogens is 3. The topological polar surface area (TPSA) is 43.9 Å². The Morgan fingerprint density at radius 1 is 1.06 bits per heavy atom. The van der Waals surface area contributed by atoms with Gasteiger partial charge in [0.15, 0.2) is 0 Å². The van der Waals surface area contributed by atoms with E-state index >= 15 is 0 Å². The average Bonchev–Trinajstić information content (AvgIpc) is 2.74. The van der Waals surface area contributed by atoms with Crippen LogP contribution in [-0.4, -0.2) is 60.0 Å². The molecule has 1 fully saturated rings. The van der Waals surface area contributed by atoms with E-state index in [0.717, 1.165) is 36.9 Å². The van der Waals surface area contributed by atoms with Crippen molar-refractivity contribution in [1.82, 2.24) is 9.80 Å². The van der Waals surface area contributed by atoms with Crippen molar-refractivity contribution >= 4 is 17.5 Å². The van der Waals surface area contributed by atoms with Crippen LogP contribution in [0.15, 0.2) is 24.3 Å². The summed E-state index contributed by atoms with van der Waals surface area (Å²) in [5.74, 6) is -0.480. The molecule has 0 N–H and O–H groups in total. The molecule has 5 nitrogen and oxygen atoms in total. The van der Waals surface area contributed by atoms with E-state index in [4.69, 9.17) is 0 Å². The largest absolute Gasteiger partial charge is 0.389 e. The van der Waals surface area contributed by atoms with E-state index in [9.17, 15) is 22.8 Å². The lowest BCUT2D eigenvalue weighted by molar-refractivity contribution is -0.150. The number of benzene rings is 1. The number of alkyl halides is 3. The van der Waals surface area contributed by atoms with Crippen LogP contribution in [0.5, 0.6) is 0 Å². The highest BCUT2D eigenvalue weighted by atomic mass is 19.4. The molecule has 0 spiro atoms. The zero-order valence-electron chi connectivity index (χ0n) is 18.3. The van der Waals surface area contributed by atoms with Gasteiger partial charge in [-0.25, -0.2) is 0 Å². The van der Waals surface area contributed by atoms with Crippen molar-refractivity contribution in [1.29, 1.82) is 0 Å². The fraction of sp³-hybridized carbons (Fsp3) is 0.652. The van der Waals surface area contributed by atoms with Gasteiger partial charge in [-0.3, -0.25) is 14.5 Å². The molecule has 2 atom stereocenters. The Morgan fingerprint density at radius 3 is 2.48 bits per heavy atom. The number of piperidine rings is 1. The predicted octanol–water partition coefficient (Wildman–Crippen LogP) is 4.36. The minimum Gasteiger partial charge on any atom is -0.337 e. The minimum atomic E-state index is -4.36. The summed E-state index contributed by atoms with van der Waals surface area (Å²) in [5.41, 5.74) is 1.55. The number of rotatable bonds is 3. The second-order valence-corrected chi connectivity index (χ2v) is 8.61. The first-order valence-corrected chi connectivity index (χ1v) is 11.1. The lowest BCUT2D eigenvalue weighted by Crippen LogP contribution is -2.50. The van der Waals surface area contributed by atoms with Gasteiger partial charge in [0.2, 0.25) is 11.8 Å². The highest BCUT2D eigenvalue weighted by Gasteiger charge is 2.34. The Bertz CT molecular complexity index is 784. The summed E-state index contributed by atoms with van der Waals surface area (Å²) >= 11 is 0. The number of hydrogen-bond donors (Lipinski definition) is 0. The molecule has 31 heavy (non-hydrogen) atoms. The van der Waals surface area contributed by atoms with Crippen LogP contribution in [0, 0.1) is 0 Å². The zero-order valence-corrected chi connectivity index (χ0v) is 18.3. The fourth-order valence-electron chi connectivity index (χ4n) is 4.74. The Morgan fingerprint density at radius 2 is 1.77 bits per heavy atom. The van der Waals surface area contributed by atoms with E-state index in [1.54, 1.807) is 9.80 Å². The van der Waals surface area contributed by atoms with Gasteiger partial charge in [0.25, 0.3) is 0 Å². The van der Waals surface area contributed by atoms with E-state index in [-0.39, 0.29) is 24.5 Å². The van der Waals surface area contributed by atoms with Crippen LogP contribution in [0.3, 0.4) is 0 Å². The maximum atomic E-state index is 12.9. The Hall–Kier alpha value is -2.09. The van der Waals surface area contributed by atoms with Crippen LogP contribution in [-0.2, 0) is 16.1 Å². The standard InChI is InChI=1S/C23H32F3N3O2/c1-3-21(30)29-14-12-18-8-6-9-19(27(18)2)16-28(22(31)11-13-23(24,25)26)15-17-7-4-5-10-20(17)29/h4-5,7,10,18-19H,3,6,8-9,11-16H2,1-2H3. The molecular formula is C23H32F3N3O2. The van der Waals surface area contributed by atoms with Gasteiger partial charge in [-0.05, 0) is 37.9 Å². The second-order valence-electron chi connectivity index (χ2n) is 8.61. The summed E-state index contributed by atoms with van der Waals surface area (Å²) in [4.78, 5) is 31.3. The van der Waals surface area contributed by atoms with E-state index in [1.807, 2.05) is 38.2 Å². The number of amides is 2. The molecule has 2 aliphatic rings. The molecule has 1 aromatic rings. The molecule has 2 amide bonds. The lowest BCUT2D eigenvalue weighted by Gasteiger charge is -2.42. The third-order valence-corrected chi connectivity index (χ3v) is 6.57. The van der Waals surface area contributed by atoms with E-state index < -0.39 is 24.9 Å². The van der Waals surface area contributed by atoms with Gasteiger partial charge >= 0.3 is 6.18 Å². The van der Waals surface area contributed by atoms with Crippen molar-refractivity contribution in [3.63, 3.8) is 0 Å². The Kier molecular flexibility index (Phi) is 7.62. The van der Waals surface area contributed by atoms with Crippen LogP contribution >= 0.6 is 0 Å². The first kappa shape index (κ1) is 23.6. The molecule has 2 bridgehead atoms. The van der Waals surface area contributed by atoms with Gasteiger partial charge in [-0.1, -0.05) is 31.5 Å². The van der Waals surface area contributed by atoms with Crippen LogP contribution in [0.2, 0.25) is 0 Å². The third kappa shape index (κ3) is 5.99. The van der Waals surface area contributed by atoms with Gasteiger partial charge in [-0.15, -0.1) is 0 Å². The summed E-state index contributed by atoms with van der Waals surface area (Å²) < 4.78 is 38.3. The molecule has 1 saturated heterocycles. The molecule has 0 saturated carbocycles. The number of nitrogens with zero attached hydrogens (tertiary/aromatic N) is 3. The number of para-hydroxylation sites is 1. The summed E-state index contributed by atoms with van der Waals surface area (Å²) in [6.45, 7) is 3.02. The molecule has 2 unspecified atom stereocenters. The van der Waals surface area contributed by atoms with Crippen molar-refractivity contribution in [3.05, 3.63) is 29.8 Å². The SMILES string of the molecule is CCC(=O)N1CCC2CCCC(CN(C(=O)CCC(F)(F)F)Cc3ccccc31)N2C. The maximum absolute atomic E-state index is 12.9. The molecule has 8 heteroatoms. The van der Waals surface area contributed by atoms with Gasteiger partial charge in [0.1, 0.15) is 0 Å². The second kappa shape index (κ2) is 10.0. The van der Waals surface area contributed by atoms with Gasteiger partial charge in [0, 0.05) is 50.2 Å². The summed E-state index contributed by atoms with van der Waals surface area (Å²) in [7, 11) is 2.03. The normalized spacial score (nSPS) is 23.1. The summed E-state index contributed by atoms with van der Waals surface area (Å²) in [5, 5.41) is 0. The third-order valence-electron chi connectivity index (χ3n) is 6.57. The lowest BCUT2D eigenvalue weighted by atomic mass is 9.93. The summed E-state index contributed by atoms with van der Waals surface area (Å²) in [6, 6.07) is 7.82. The highest BCUT2D eigenvalue weighted by Crippen LogP contribution is 2.30. The molecule has 3 rings (SSSR count). The molecule has 2 aliphatic heterocycles.